The molecule has 0 saturated heterocycles. The highest BCUT2D eigenvalue weighted by Crippen LogP contribution is 2.35. The number of nitrogens with one attached hydrogen (secondary N) is 3. The Kier molecular flexibility index (Phi) is 6.03. The lowest BCUT2D eigenvalue weighted by Gasteiger charge is -2.29. The Morgan fingerprint density at radius 1 is 1.20 bits per heavy atom. The SMILES string of the molecule is O=C(NCC(F)F)c1cnc2ccc(C3=CCNc4nc(NC5CCC(F)(F)CC5)ncc43)cn12. The van der Waals surface area contributed by atoms with Crippen molar-refractivity contribution < 1.29 is 22.4 Å². The van der Waals surface area contributed by atoms with Crippen LogP contribution in [0, 0.1) is 0 Å². The molecule has 3 N–H and O–H groups in total. The van der Waals surface area contributed by atoms with Gasteiger partial charge < -0.3 is 16.0 Å². The first-order valence-corrected chi connectivity index (χ1v) is 11.3. The zero-order chi connectivity index (χ0) is 24.6. The van der Waals surface area contributed by atoms with E-state index in [9.17, 15) is 22.4 Å². The lowest BCUT2D eigenvalue weighted by atomic mass is 9.92. The molecule has 0 spiro atoms. The molecule has 2 aliphatic rings. The summed E-state index contributed by atoms with van der Waals surface area (Å²) in [6.45, 7) is -0.245. The van der Waals surface area contributed by atoms with Gasteiger partial charge in [-0.2, -0.15) is 4.98 Å². The lowest BCUT2D eigenvalue weighted by molar-refractivity contribution is -0.0361. The Morgan fingerprint density at radius 3 is 2.77 bits per heavy atom. The number of pyridine rings is 1. The molecule has 1 fully saturated rings. The molecule has 3 aromatic rings. The molecule has 4 heterocycles. The van der Waals surface area contributed by atoms with Crippen molar-refractivity contribution in [1.29, 1.82) is 0 Å². The van der Waals surface area contributed by atoms with Crippen LogP contribution in [0.25, 0.3) is 11.2 Å². The number of amides is 1. The number of anilines is 2. The minimum Gasteiger partial charge on any atom is -0.366 e. The molecule has 3 aromatic heterocycles. The highest BCUT2D eigenvalue weighted by molar-refractivity contribution is 5.93. The van der Waals surface area contributed by atoms with Crippen molar-refractivity contribution in [3.8, 4) is 0 Å². The summed E-state index contributed by atoms with van der Waals surface area (Å²) in [5, 5.41) is 8.55. The van der Waals surface area contributed by atoms with Crippen LogP contribution in [0.4, 0.5) is 29.3 Å². The normalized spacial score (nSPS) is 17.6. The summed E-state index contributed by atoms with van der Waals surface area (Å²) in [7, 11) is 0. The Labute approximate surface area is 197 Å². The molecular formula is C23H23F4N7O. The number of imidazole rings is 1. The minimum absolute atomic E-state index is 0.107. The minimum atomic E-state index is -2.65. The second-order valence-corrected chi connectivity index (χ2v) is 8.62. The van der Waals surface area contributed by atoms with E-state index in [1.807, 2.05) is 12.1 Å². The van der Waals surface area contributed by atoms with Gasteiger partial charge in [0.15, 0.2) is 0 Å². The van der Waals surface area contributed by atoms with Gasteiger partial charge in [0.1, 0.15) is 17.2 Å². The zero-order valence-corrected chi connectivity index (χ0v) is 18.6. The first-order valence-electron chi connectivity index (χ1n) is 11.3. The van der Waals surface area contributed by atoms with Crippen molar-refractivity contribution in [2.24, 2.45) is 0 Å². The van der Waals surface area contributed by atoms with Crippen LogP contribution < -0.4 is 16.0 Å². The number of rotatable bonds is 6. The Morgan fingerprint density at radius 2 is 2.00 bits per heavy atom. The molecule has 0 radical (unpaired) electrons. The quantitative estimate of drug-likeness (QED) is 0.454. The van der Waals surface area contributed by atoms with E-state index in [1.165, 1.54) is 6.20 Å². The van der Waals surface area contributed by atoms with Gasteiger partial charge in [-0.05, 0) is 36.1 Å². The lowest BCUT2D eigenvalue weighted by Crippen LogP contribution is -2.32. The van der Waals surface area contributed by atoms with Crippen molar-refractivity contribution in [3.63, 3.8) is 0 Å². The van der Waals surface area contributed by atoms with Gasteiger partial charge in [0, 0.05) is 43.4 Å². The number of halogens is 4. The number of fused-ring (bicyclic) bond motifs is 2. The standard InChI is InChI=1S/C23H23F4N7O/c24-18(25)11-30-21(35)17-10-29-19-2-1-13(12-34(17)19)15-5-8-28-20-16(15)9-31-22(33-20)32-14-3-6-23(26,27)7-4-14/h1-2,5,9-10,12,14,18H,3-4,6-8,11H2,(H,30,35)(H2,28,31,32,33). The molecule has 1 amide bonds. The average molecular weight is 489 g/mol. The molecule has 0 atom stereocenters. The van der Waals surface area contributed by atoms with Crippen molar-refractivity contribution in [2.75, 3.05) is 23.7 Å². The van der Waals surface area contributed by atoms with E-state index in [0.717, 1.165) is 16.7 Å². The predicted molar refractivity (Wildman–Crippen MR) is 122 cm³/mol. The molecule has 35 heavy (non-hydrogen) atoms. The number of hydrogen-bond donors (Lipinski definition) is 3. The van der Waals surface area contributed by atoms with Crippen LogP contribution in [0.5, 0.6) is 0 Å². The maximum atomic E-state index is 13.4. The molecule has 0 unspecified atom stereocenters. The van der Waals surface area contributed by atoms with E-state index in [4.69, 9.17) is 0 Å². The molecule has 8 nitrogen and oxygen atoms in total. The summed E-state index contributed by atoms with van der Waals surface area (Å²) in [6.07, 6.45) is 4.42. The maximum Gasteiger partial charge on any atom is 0.270 e. The van der Waals surface area contributed by atoms with Crippen LogP contribution in [0.15, 0.2) is 36.8 Å². The van der Waals surface area contributed by atoms with Crippen molar-refractivity contribution in [1.82, 2.24) is 24.7 Å². The zero-order valence-electron chi connectivity index (χ0n) is 18.6. The molecular weight excluding hydrogens is 466 g/mol. The summed E-state index contributed by atoms with van der Waals surface area (Å²) in [5.74, 6) is -2.28. The van der Waals surface area contributed by atoms with E-state index in [-0.39, 0.29) is 24.6 Å². The van der Waals surface area contributed by atoms with E-state index in [2.05, 4.69) is 30.9 Å². The third kappa shape index (κ3) is 4.91. The Balaban J connectivity index is 1.38. The van der Waals surface area contributed by atoms with Crippen molar-refractivity contribution in [3.05, 3.63) is 53.6 Å². The van der Waals surface area contributed by atoms with Gasteiger partial charge in [-0.15, -0.1) is 0 Å². The van der Waals surface area contributed by atoms with Gasteiger partial charge in [-0.25, -0.2) is 27.5 Å². The van der Waals surface area contributed by atoms with Crippen LogP contribution in [0.3, 0.4) is 0 Å². The number of hydrogen-bond acceptors (Lipinski definition) is 6. The monoisotopic (exact) mass is 489 g/mol. The summed E-state index contributed by atoms with van der Waals surface area (Å²) in [5.41, 5.74) is 2.97. The third-order valence-corrected chi connectivity index (χ3v) is 6.17. The molecule has 1 aliphatic carbocycles. The second-order valence-electron chi connectivity index (χ2n) is 8.62. The van der Waals surface area contributed by atoms with E-state index in [0.29, 0.717) is 36.8 Å². The van der Waals surface area contributed by atoms with E-state index < -0.39 is 24.8 Å². The van der Waals surface area contributed by atoms with Gasteiger partial charge in [-0.1, -0.05) is 6.08 Å². The maximum absolute atomic E-state index is 13.4. The molecule has 1 saturated carbocycles. The van der Waals surface area contributed by atoms with Crippen LogP contribution in [0.1, 0.15) is 47.3 Å². The number of aromatic nitrogens is 4. The van der Waals surface area contributed by atoms with Crippen LogP contribution in [-0.4, -0.2) is 56.7 Å². The number of alkyl halides is 4. The number of carbonyl (C=O) groups excluding carboxylic acids is 1. The van der Waals surface area contributed by atoms with Gasteiger partial charge in [0.2, 0.25) is 11.9 Å². The van der Waals surface area contributed by atoms with Gasteiger partial charge >= 0.3 is 0 Å². The summed E-state index contributed by atoms with van der Waals surface area (Å²) < 4.78 is 53.4. The Hall–Kier alpha value is -3.70. The first kappa shape index (κ1) is 23.1. The summed E-state index contributed by atoms with van der Waals surface area (Å²) >= 11 is 0. The highest BCUT2D eigenvalue weighted by atomic mass is 19.3. The van der Waals surface area contributed by atoms with Crippen LogP contribution in [-0.2, 0) is 0 Å². The van der Waals surface area contributed by atoms with Crippen molar-refractivity contribution in [2.45, 2.75) is 44.1 Å². The van der Waals surface area contributed by atoms with E-state index >= 15 is 0 Å². The summed E-state index contributed by atoms with van der Waals surface area (Å²) in [6, 6.07) is 3.47. The van der Waals surface area contributed by atoms with Crippen molar-refractivity contribution >= 4 is 28.9 Å². The van der Waals surface area contributed by atoms with Gasteiger partial charge in [0.25, 0.3) is 12.3 Å². The fraction of sp³-hybridized carbons (Fsp3) is 0.391. The molecule has 5 rings (SSSR count). The van der Waals surface area contributed by atoms with Crippen LogP contribution in [0.2, 0.25) is 0 Å². The van der Waals surface area contributed by atoms with Gasteiger partial charge in [-0.3, -0.25) is 9.20 Å². The second kappa shape index (κ2) is 9.16. The van der Waals surface area contributed by atoms with Gasteiger partial charge in [0.05, 0.1) is 12.7 Å². The fourth-order valence-corrected chi connectivity index (χ4v) is 4.35. The molecule has 184 valence electrons. The number of nitrogens with zero attached hydrogens (tertiary/aromatic N) is 4. The first-order chi connectivity index (χ1) is 16.8. The third-order valence-electron chi connectivity index (χ3n) is 6.17. The molecule has 0 aromatic carbocycles. The largest absolute Gasteiger partial charge is 0.366 e. The smallest absolute Gasteiger partial charge is 0.270 e. The molecule has 12 heteroatoms. The topological polar surface area (TPSA) is 96.2 Å². The predicted octanol–water partition coefficient (Wildman–Crippen LogP) is 3.97. The summed E-state index contributed by atoms with van der Waals surface area (Å²) in [4.78, 5) is 25.5. The fourth-order valence-electron chi connectivity index (χ4n) is 4.35. The van der Waals surface area contributed by atoms with E-state index in [1.54, 1.807) is 22.9 Å². The number of carbonyl (C=O) groups is 1. The average Bonchev–Trinajstić information content (AvgIpc) is 3.27. The highest BCUT2D eigenvalue weighted by Gasteiger charge is 2.35. The Bertz CT molecular complexity index is 1280. The molecule has 1 aliphatic heterocycles. The van der Waals surface area contributed by atoms with Crippen LogP contribution >= 0.6 is 0 Å². The molecule has 0 bridgehead atoms.